The third-order valence-corrected chi connectivity index (χ3v) is 6.29. The fourth-order valence-corrected chi connectivity index (χ4v) is 4.58. The molecule has 2 saturated heterocycles. The molecule has 33 heavy (non-hydrogen) atoms. The Morgan fingerprint density at radius 1 is 1.24 bits per heavy atom. The van der Waals surface area contributed by atoms with Crippen molar-refractivity contribution in [3.63, 3.8) is 0 Å². The Labute approximate surface area is 205 Å². The van der Waals surface area contributed by atoms with Crippen LogP contribution in [-0.2, 0) is 0 Å². The molecule has 1 saturated carbocycles. The van der Waals surface area contributed by atoms with Crippen molar-refractivity contribution in [1.82, 2.24) is 14.6 Å². The zero-order valence-corrected chi connectivity index (χ0v) is 20.1. The molecule has 3 aliphatic rings. The Morgan fingerprint density at radius 3 is 2.55 bits per heavy atom. The van der Waals surface area contributed by atoms with Crippen molar-refractivity contribution in [1.29, 1.82) is 5.26 Å². The maximum absolute atomic E-state index is 10.0. The Morgan fingerprint density at radius 2 is 1.97 bits per heavy atom. The van der Waals surface area contributed by atoms with Crippen LogP contribution >= 0.6 is 24.8 Å². The minimum atomic E-state index is -0.960. The molecule has 3 atom stereocenters. The van der Waals surface area contributed by atoms with Crippen molar-refractivity contribution < 1.29 is 9.84 Å². The summed E-state index contributed by atoms with van der Waals surface area (Å²) in [5.41, 5.74) is 8.11. The second kappa shape index (κ2) is 9.35. The topological polar surface area (TPSA) is 113 Å². The van der Waals surface area contributed by atoms with E-state index in [0.717, 1.165) is 30.0 Å². The number of piperidine rings is 2. The zero-order chi connectivity index (χ0) is 21.8. The number of pyridine rings is 2. The van der Waals surface area contributed by atoms with Crippen molar-refractivity contribution >= 4 is 36.1 Å². The first kappa shape index (κ1) is 25.1. The SMILES string of the molecule is CC(C)(O)COc1cc(-c2ccc(N3C[C@H]4C[C@@H](C3)C4N)nc2)c2c(C#N)cnn2c1.Cl.Cl. The molecular formula is C23H28Cl2N6O2. The fraction of sp³-hybridized carbons (Fsp3) is 0.435. The van der Waals surface area contributed by atoms with Crippen molar-refractivity contribution in [2.45, 2.75) is 31.9 Å². The maximum atomic E-state index is 10.0. The largest absolute Gasteiger partial charge is 0.489 e. The normalized spacial score (nSPS) is 21.4. The summed E-state index contributed by atoms with van der Waals surface area (Å²) in [6, 6.07) is 8.46. The van der Waals surface area contributed by atoms with E-state index >= 15 is 0 Å². The van der Waals surface area contributed by atoms with Gasteiger partial charge in [-0.3, -0.25) is 0 Å². The molecule has 176 valence electrons. The van der Waals surface area contributed by atoms with E-state index in [-0.39, 0.29) is 31.4 Å². The predicted molar refractivity (Wildman–Crippen MR) is 131 cm³/mol. The van der Waals surface area contributed by atoms with Gasteiger partial charge in [0.25, 0.3) is 0 Å². The number of halogens is 2. The lowest BCUT2D eigenvalue weighted by Crippen LogP contribution is -2.62. The standard InChI is InChI=1S/C23H26N6O2.2ClH/c1-23(2,30)13-31-18-6-19(22-17(7-24)9-27-29(22)12-18)14-3-4-20(26-8-14)28-10-15-5-16(11-28)21(15)25;;/h3-4,6,8-9,12,15-16,21,30H,5,10-11,13,25H2,1-2H3;2*1H/t15-,16+,21?;;. The second-order valence-corrected chi connectivity index (χ2v) is 9.30. The monoisotopic (exact) mass is 490 g/mol. The first-order valence-electron chi connectivity index (χ1n) is 10.6. The van der Waals surface area contributed by atoms with Crippen LogP contribution in [0.2, 0.25) is 0 Å². The number of nitrogens with zero attached hydrogens (tertiary/aromatic N) is 5. The van der Waals surface area contributed by atoms with E-state index in [1.165, 1.54) is 6.42 Å². The van der Waals surface area contributed by atoms with E-state index in [2.05, 4.69) is 16.1 Å². The predicted octanol–water partition coefficient (Wildman–Crippen LogP) is 3.04. The van der Waals surface area contributed by atoms with Gasteiger partial charge in [0, 0.05) is 36.5 Å². The number of rotatable bonds is 5. The lowest BCUT2D eigenvalue weighted by molar-refractivity contribution is 0.0283. The van der Waals surface area contributed by atoms with Crippen LogP contribution in [0.25, 0.3) is 16.6 Å². The third-order valence-electron chi connectivity index (χ3n) is 6.29. The summed E-state index contributed by atoms with van der Waals surface area (Å²) in [6.45, 7) is 5.43. The number of ether oxygens (including phenoxy) is 1. The second-order valence-electron chi connectivity index (χ2n) is 9.30. The van der Waals surface area contributed by atoms with Crippen LogP contribution in [0.5, 0.6) is 5.75 Å². The summed E-state index contributed by atoms with van der Waals surface area (Å²) in [4.78, 5) is 7.02. The number of fused-ring (bicyclic) bond motifs is 3. The van der Waals surface area contributed by atoms with Crippen LogP contribution in [-0.4, -0.2) is 51.0 Å². The van der Waals surface area contributed by atoms with Gasteiger partial charge in [-0.2, -0.15) is 10.4 Å². The first-order chi connectivity index (χ1) is 14.8. The molecule has 0 spiro atoms. The van der Waals surface area contributed by atoms with Gasteiger partial charge in [0.2, 0.25) is 0 Å². The molecule has 3 fully saturated rings. The summed E-state index contributed by atoms with van der Waals surface area (Å²) < 4.78 is 7.43. The summed E-state index contributed by atoms with van der Waals surface area (Å²) in [7, 11) is 0. The fourth-order valence-electron chi connectivity index (χ4n) is 4.58. The highest BCUT2D eigenvalue weighted by molar-refractivity contribution is 5.86. The average molecular weight is 491 g/mol. The molecule has 0 radical (unpaired) electrons. The highest BCUT2D eigenvalue weighted by Crippen LogP contribution is 2.40. The number of hydrogen-bond donors (Lipinski definition) is 2. The van der Waals surface area contributed by atoms with Gasteiger partial charge in [-0.25, -0.2) is 9.50 Å². The Kier molecular flexibility index (Phi) is 7.10. The van der Waals surface area contributed by atoms with E-state index in [1.54, 1.807) is 30.8 Å². The molecular weight excluding hydrogens is 463 g/mol. The molecule has 3 aromatic heterocycles. The Balaban J connectivity index is 0.00000153. The third kappa shape index (κ3) is 4.73. The average Bonchev–Trinajstić information content (AvgIpc) is 3.19. The number of hydrogen-bond acceptors (Lipinski definition) is 7. The minimum Gasteiger partial charge on any atom is -0.489 e. The van der Waals surface area contributed by atoms with Crippen molar-refractivity contribution in [2.75, 3.05) is 24.6 Å². The van der Waals surface area contributed by atoms with E-state index < -0.39 is 5.60 Å². The molecule has 3 aromatic rings. The zero-order valence-electron chi connectivity index (χ0n) is 18.5. The molecule has 0 amide bonds. The molecule has 8 nitrogen and oxygen atoms in total. The number of nitrogens with two attached hydrogens (primary N) is 1. The van der Waals surface area contributed by atoms with Gasteiger partial charge in [0.15, 0.2) is 0 Å². The van der Waals surface area contributed by atoms with E-state index in [4.69, 9.17) is 15.5 Å². The Bertz CT molecular complexity index is 1160. The van der Waals surface area contributed by atoms with Gasteiger partial charge in [-0.1, -0.05) is 0 Å². The van der Waals surface area contributed by atoms with Crippen molar-refractivity contribution in [3.8, 4) is 22.9 Å². The van der Waals surface area contributed by atoms with Crippen LogP contribution in [0.4, 0.5) is 5.82 Å². The van der Waals surface area contributed by atoms with Crippen LogP contribution in [0.15, 0.2) is 36.8 Å². The van der Waals surface area contributed by atoms with E-state index in [0.29, 0.717) is 34.7 Å². The highest BCUT2D eigenvalue weighted by atomic mass is 35.5. The molecule has 10 heteroatoms. The van der Waals surface area contributed by atoms with Gasteiger partial charge >= 0.3 is 0 Å². The van der Waals surface area contributed by atoms with Crippen molar-refractivity contribution in [3.05, 3.63) is 42.4 Å². The van der Waals surface area contributed by atoms with Gasteiger partial charge in [-0.15, -0.1) is 24.8 Å². The van der Waals surface area contributed by atoms with Crippen LogP contribution in [0, 0.1) is 23.2 Å². The molecule has 1 unspecified atom stereocenters. The van der Waals surface area contributed by atoms with Gasteiger partial charge in [0.05, 0.1) is 29.1 Å². The molecule has 3 N–H and O–H groups in total. The van der Waals surface area contributed by atoms with Gasteiger partial charge in [0.1, 0.15) is 24.2 Å². The summed E-state index contributed by atoms with van der Waals surface area (Å²) >= 11 is 0. The maximum Gasteiger partial charge on any atom is 0.138 e. The number of aromatic nitrogens is 3. The van der Waals surface area contributed by atoms with E-state index in [9.17, 15) is 10.4 Å². The molecule has 2 aliphatic heterocycles. The number of anilines is 1. The number of aliphatic hydroxyl groups is 1. The highest BCUT2D eigenvalue weighted by Gasteiger charge is 2.44. The van der Waals surface area contributed by atoms with Crippen LogP contribution in [0.1, 0.15) is 25.8 Å². The first-order valence-corrected chi connectivity index (χ1v) is 10.6. The summed E-state index contributed by atoms with van der Waals surface area (Å²) in [5, 5.41) is 23.8. The lowest BCUT2D eigenvalue weighted by atomic mass is 9.67. The van der Waals surface area contributed by atoms with Crippen LogP contribution in [0.3, 0.4) is 0 Å². The van der Waals surface area contributed by atoms with Gasteiger partial charge in [-0.05, 0) is 50.3 Å². The minimum absolute atomic E-state index is 0. The molecule has 2 bridgehead atoms. The summed E-state index contributed by atoms with van der Waals surface area (Å²) in [6.07, 6.45) is 6.32. The van der Waals surface area contributed by atoms with Gasteiger partial charge < -0.3 is 20.5 Å². The van der Waals surface area contributed by atoms with Crippen molar-refractivity contribution in [2.24, 2.45) is 17.6 Å². The Hall–Kier alpha value is -2.57. The lowest BCUT2D eigenvalue weighted by Gasteiger charge is -2.52. The quantitative estimate of drug-likeness (QED) is 0.564. The smallest absolute Gasteiger partial charge is 0.138 e. The van der Waals surface area contributed by atoms with Crippen LogP contribution < -0.4 is 15.4 Å². The van der Waals surface area contributed by atoms with E-state index in [1.807, 2.05) is 24.4 Å². The summed E-state index contributed by atoms with van der Waals surface area (Å²) in [5.74, 6) is 2.64. The molecule has 1 aliphatic carbocycles. The molecule has 0 aromatic carbocycles. The number of nitriles is 1. The molecule has 5 heterocycles. The molecule has 6 rings (SSSR count).